The lowest BCUT2D eigenvalue weighted by Crippen LogP contribution is -1.98. The molecule has 1 N–H and O–H groups in total. The van der Waals surface area contributed by atoms with Gasteiger partial charge in [0.15, 0.2) is 4.77 Å². The molecule has 0 radical (unpaired) electrons. The van der Waals surface area contributed by atoms with E-state index in [0.29, 0.717) is 0 Å². The highest BCUT2D eigenvalue weighted by Crippen LogP contribution is 2.33. The Kier molecular flexibility index (Phi) is 2.52. The number of hydrogen-bond acceptors (Lipinski definition) is 2. The number of rotatable bonds is 4. The SMILES string of the molecule is S=c1[nH]c2cnccc2n1CCCC1CC1. The van der Waals surface area contributed by atoms with Gasteiger partial charge in [-0.3, -0.25) is 4.98 Å². The summed E-state index contributed by atoms with van der Waals surface area (Å²) in [6.07, 6.45) is 9.10. The van der Waals surface area contributed by atoms with Gasteiger partial charge in [0.2, 0.25) is 0 Å². The third-order valence-corrected chi connectivity index (χ3v) is 3.59. The Bertz CT molecular complexity index is 551. The molecule has 84 valence electrons. The van der Waals surface area contributed by atoms with Gasteiger partial charge in [-0.1, -0.05) is 12.8 Å². The number of imidazole rings is 1. The van der Waals surface area contributed by atoms with Crippen LogP contribution in [0.15, 0.2) is 18.5 Å². The highest BCUT2D eigenvalue weighted by atomic mass is 32.1. The molecule has 0 spiro atoms. The van der Waals surface area contributed by atoms with Crippen LogP contribution < -0.4 is 0 Å². The lowest BCUT2D eigenvalue weighted by atomic mass is 10.2. The number of nitrogens with one attached hydrogen (secondary N) is 1. The van der Waals surface area contributed by atoms with Gasteiger partial charge >= 0.3 is 0 Å². The molecule has 0 atom stereocenters. The Labute approximate surface area is 99.5 Å². The number of H-pyrrole nitrogens is 1. The van der Waals surface area contributed by atoms with Crippen molar-refractivity contribution in [1.82, 2.24) is 14.5 Å². The molecule has 3 nitrogen and oxygen atoms in total. The van der Waals surface area contributed by atoms with E-state index in [-0.39, 0.29) is 0 Å². The molecule has 0 amide bonds. The maximum atomic E-state index is 5.33. The Morgan fingerprint density at radius 1 is 1.50 bits per heavy atom. The molecule has 16 heavy (non-hydrogen) atoms. The minimum atomic E-state index is 0.818. The molecule has 0 aliphatic heterocycles. The number of aryl methyl sites for hydroxylation is 1. The predicted molar refractivity (Wildman–Crippen MR) is 66.9 cm³/mol. The van der Waals surface area contributed by atoms with E-state index in [4.69, 9.17) is 12.2 Å². The van der Waals surface area contributed by atoms with Crippen LogP contribution in [0.25, 0.3) is 11.0 Å². The van der Waals surface area contributed by atoms with E-state index in [0.717, 1.165) is 22.8 Å². The number of nitrogens with zero attached hydrogens (tertiary/aromatic N) is 2. The Morgan fingerprint density at radius 2 is 2.38 bits per heavy atom. The lowest BCUT2D eigenvalue weighted by molar-refractivity contribution is 0.582. The first kappa shape index (κ1) is 10.0. The van der Waals surface area contributed by atoms with Crippen molar-refractivity contribution in [2.45, 2.75) is 32.2 Å². The van der Waals surface area contributed by atoms with Gasteiger partial charge in [0.25, 0.3) is 0 Å². The van der Waals surface area contributed by atoms with Crippen LogP contribution in [0.3, 0.4) is 0 Å². The second-order valence-electron chi connectivity index (χ2n) is 4.56. The second-order valence-corrected chi connectivity index (χ2v) is 4.95. The minimum absolute atomic E-state index is 0.818. The zero-order valence-electron chi connectivity index (χ0n) is 9.15. The second kappa shape index (κ2) is 4.01. The molecule has 1 fully saturated rings. The number of pyridine rings is 1. The highest BCUT2D eigenvalue weighted by molar-refractivity contribution is 7.71. The van der Waals surface area contributed by atoms with Crippen LogP contribution in [0.2, 0.25) is 0 Å². The largest absolute Gasteiger partial charge is 0.329 e. The lowest BCUT2D eigenvalue weighted by Gasteiger charge is -2.03. The molecule has 0 aromatic carbocycles. The van der Waals surface area contributed by atoms with Crippen molar-refractivity contribution in [3.63, 3.8) is 0 Å². The summed E-state index contributed by atoms with van der Waals surface area (Å²) in [6, 6.07) is 2.03. The van der Waals surface area contributed by atoms with Gasteiger partial charge in [-0.05, 0) is 37.0 Å². The van der Waals surface area contributed by atoms with Gasteiger partial charge in [-0.2, -0.15) is 0 Å². The van der Waals surface area contributed by atoms with E-state index >= 15 is 0 Å². The summed E-state index contributed by atoms with van der Waals surface area (Å²) >= 11 is 5.33. The van der Waals surface area contributed by atoms with Crippen molar-refractivity contribution >= 4 is 23.3 Å². The maximum Gasteiger partial charge on any atom is 0.178 e. The van der Waals surface area contributed by atoms with E-state index in [2.05, 4.69) is 14.5 Å². The number of hydrogen-bond donors (Lipinski definition) is 1. The third kappa shape index (κ3) is 1.89. The van der Waals surface area contributed by atoms with Crippen LogP contribution in [0.5, 0.6) is 0 Å². The molecule has 0 unspecified atom stereocenters. The van der Waals surface area contributed by atoms with E-state index in [1.165, 1.54) is 31.2 Å². The molecule has 4 heteroatoms. The summed E-state index contributed by atoms with van der Waals surface area (Å²) < 4.78 is 3.01. The zero-order valence-corrected chi connectivity index (χ0v) is 9.96. The van der Waals surface area contributed by atoms with Crippen LogP contribution in [-0.2, 0) is 6.54 Å². The van der Waals surface area contributed by atoms with E-state index in [9.17, 15) is 0 Å². The summed E-state index contributed by atoms with van der Waals surface area (Å²) in [4.78, 5) is 7.29. The monoisotopic (exact) mass is 233 g/mol. The molecule has 2 heterocycles. The number of aromatic amines is 1. The molecule has 0 saturated heterocycles. The van der Waals surface area contributed by atoms with E-state index < -0.39 is 0 Å². The van der Waals surface area contributed by atoms with Crippen LogP contribution in [0.4, 0.5) is 0 Å². The van der Waals surface area contributed by atoms with Crippen molar-refractivity contribution < 1.29 is 0 Å². The van der Waals surface area contributed by atoms with Gasteiger partial charge in [0.05, 0.1) is 17.2 Å². The van der Waals surface area contributed by atoms with Crippen molar-refractivity contribution in [2.75, 3.05) is 0 Å². The van der Waals surface area contributed by atoms with Crippen molar-refractivity contribution in [2.24, 2.45) is 5.92 Å². The Balaban J connectivity index is 1.83. The van der Waals surface area contributed by atoms with Crippen molar-refractivity contribution in [1.29, 1.82) is 0 Å². The summed E-state index contributed by atoms with van der Waals surface area (Å²) in [7, 11) is 0. The molecular weight excluding hydrogens is 218 g/mol. The minimum Gasteiger partial charge on any atom is -0.329 e. The van der Waals surface area contributed by atoms with Gasteiger partial charge in [0.1, 0.15) is 0 Å². The normalized spacial score (nSPS) is 15.8. The molecule has 1 aliphatic rings. The summed E-state index contributed by atoms with van der Waals surface area (Å²) in [5.41, 5.74) is 2.22. The third-order valence-electron chi connectivity index (χ3n) is 3.27. The maximum absolute atomic E-state index is 5.33. The Hall–Kier alpha value is -1.16. The molecule has 3 rings (SSSR count). The molecular formula is C12H15N3S. The van der Waals surface area contributed by atoms with Gasteiger partial charge in [0, 0.05) is 12.7 Å². The first-order valence-electron chi connectivity index (χ1n) is 5.87. The fourth-order valence-corrected chi connectivity index (χ4v) is 2.48. The smallest absolute Gasteiger partial charge is 0.178 e. The van der Waals surface area contributed by atoms with Crippen molar-refractivity contribution in [3.05, 3.63) is 23.2 Å². The van der Waals surface area contributed by atoms with Crippen LogP contribution >= 0.6 is 12.2 Å². The average molecular weight is 233 g/mol. The number of aromatic nitrogens is 3. The summed E-state index contributed by atoms with van der Waals surface area (Å²) in [5, 5.41) is 0. The Morgan fingerprint density at radius 3 is 3.19 bits per heavy atom. The van der Waals surface area contributed by atoms with Crippen molar-refractivity contribution in [3.8, 4) is 0 Å². The van der Waals surface area contributed by atoms with E-state index in [1.807, 2.05) is 18.5 Å². The molecule has 1 aliphatic carbocycles. The van der Waals surface area contributed by atoms with Crippen LogP contribution in [-0.4, -0.2) is 14.5 Å². The predicted octanol–water partition coefficient (Wildman–Crippen LogP) is 3.28. The van der Waals surface area contributed by atoms with Gasteiger partial charge < -0.3 is 9.55 Å². The standard InChI is InChI=1S/C12H15N3S/c16-12-14-10-8-13-6-5-11(10)15(12)7-1-2-9-3-4-9/h5-6,8-9H,1-4,7H2,(H,14,16). The first-order chi connectivity index (χ1) is 7.84. The summed E-state index contributed by atoms with van der Waals surface area (Å²) in [6.45, 7) is 1.03. The van der Waals surface area contributed by atoms with Crippen LogP contribution in [0.1, 0.15) is 25.7 Å². The van der Waals surface area contributed by atoms with Gasteiger partial charge in [-0.25, -0.2) is 0 Å². The topological polar surface area (TPSA) is 33.6 Å². The van der Waals surface area contributed by atoms with Gasteiger partial charge in [-0.15, -0.1) is 0 Å². The van der Waals surface area contributed by atoms with E-state index in [1.54, 1.807) is 0 Å². The average Bonchev–Trinajstić information content (AvgIpc) is 3.04. The molecule has 2 aromatic rings. The molecule has 2 aromatic heterocycles. The fourth-order valence-electron chi connectivity index (χ4n) is 2.18. The summed E-state index contributed by atoms with van der Waals surface area (Å²) in [5.74, 6) is 1.00. The quantitative estimate of drug-likeness (QED) is 0.822. The molecule has 0 bridgehead atoms. The zero-order chi connectivity index (χ0) is 11.0. The van der Waals surface area contributed by atoms with Crippen LogP contribution in [0, 0.1) is 10.7 Å². The highest BCUT2D eigenvalue weighted by Gasteiger charge is 2.20. The first-order valence-corrected chi connectivity index (χ1v) is 6.28. The number of fused-ring (bicyclic) bond motifs is 1. The molecule has 1 saturated carbocycles. The fraction of sp³-hybridized carbons (Fsp3) is 0.500.